The van der Waals surface area contributed by atoms with Crippen LogP contribution in [0.5, 0.6) is 5.75 Å². The van der Waals surface area contributed by atoms with Crippen LogP contribution in [0, 0.1) is 6.92 Å². The number of hydrogen-bond acceptors (Lipinski definition) is 5. The van der Waals surface area contributed by atoms with Crippen molar-refractivity contribution in [1.82, 2.24) is 19.5 Å². The highest BCUT2D eigenvalue weighted by atomic mass is 16.5. The first-order valence-electron chi connectivity index (χ1n) is 9.06. The summed E-state index contributed by atoms with van der Waals surface area (Å²) < 4.78 is 7.23. The number of pyridine rings is 2. The summed E-state index contributed by atoms with van der Waals surface area (Å²) in [7, 11) is 1.57. The number of hydrogen-bond donors (Lipinski definition) is 1. The number of rotatable bonds is 2. The van der Waals surface area contributed by atoms with Crippen molar-refractivity contribution in [2.24, 2.45) is 0 Å². The van der Waals surface area contributed by atoms with E-state index in [1.807, 2.05) is 55.5 Å². The van der Waals surface area contributed by atoms with Crippen molar-refractivity contribution in [3.05, 3.63) is 81.0 Å². The molecule has 0 radical (unpaired) electrons. The van der Waals surface area contributed by atoms with E-state index in [0.29, 0.717) is 22.6 Å². The number of ether oxygens (including phenoxy) is 1. The van der Waals surface area contributed by atoms with E-state index in [2.05, 4.69) is 9.97 Å². The zero-order chi connectivity index (χ0) is 20.1. The van der Waals surface area contributed by atoms with Gasteiger partial charge in [0, 0.05) is 10.8 Å². The van der Waals surface area contributed by atoms with Crippen LogP contribution >= 0.6 is 0 Å². The number of methoxy groups -OCH3 is 1. The molecule has 0 aliphatic carbocycles. The molecule has 5 rings (SSSR count). The largest absolute Gasteiger partial charge is 0.495 e. The maximum Gasteiger partial charge on any atom is 0.349 e. The molecule has 2 aromatic carbocycles. The van der Waals surface area contributed by atoms with E-state index in [4.69, 9.17) is 9.72 Å². The van der Waals surface area contributed by atoms with Gasteiger partial charge in [-0.05, 0) is 43.3 Å². The first kappa shape index (κ1) is 17.1. The second-order valence-electron chi connectivity index (χ2n) is 6.86. The molecule has 1 aromatic heterocycles. The van der Waals surface area contributed by atoms with Gasteiger partial charge in [-0.1, -0.05) is 23.8 Å². The fraction of sp³-hybridized carbons (Fsp3) is 0.0909. The molecule has 7 nitrogen and oxygen atoms in total. The zero-order valence-corrected chi connectivity index (χ0v) is 15.8. The maximum atomic E-state index is 12.5. The number of para-hydroxylation sites is 2. The monoisotopic (exact) mass is 384 g/mol. The van der Waals surface area contributed by atoms with Crippen molar-refractivity contribution in [3.8, 4) is 22.8 Å². The number of aromatic amines is 1. The van der Waals surface area contributed by atoms with E-state index in [1.54, 1.807) is 17.7 Å². The van der Waals surface area contributed by atoms with Crippen LogP contribution in [0.2, 0.25) is 0 Å². The van der Waals surface area contributed by atoms with Gasteiger partial charge in [0.05, 0.1) is 23.9 Å². The van der Waals surface area contributed by atoms with Crippen LogP contribution in [0.3, 0.4) is 0 Å². The molecule has 0 fully saturated rings. The minimum Gasteiger partial charge on any atom is -0.495 e. The van der Waals surface area contributed by atoms with Gasteiger partial charge in [0.1, 0.15) is 11.4 Å². The summed E-state index contributed by atoms with van der Waals surface area (Å²) in [5.41, 5.74) is 2.25. The highest BCUT2D eigenvalue weighted by Crippen LogP contribution is 2.32. The molecule has 1 N–H and O–H groups in total. The Morgan fingerprint density at radius 2 is 1.79 bits per heavy atom. The number of H-pyrrole nitrogens is 1. The molecule has 0 unspecified atom stereocenters. The van der Waals surface area contributed by atoms with Crippen LogP contribution in [-0.4, -0.2) is 26.6 Å². The number of benzene rings is 2. The Hall–Kier alpha value is -4.00. The number of nitrogens with one attached hydrogen (secondary N) is 1. The second kappa shape index (κ2) is 6.27. The van der Waals surface area contributed by atoms with Crippen LogP contribution in [0.4, 0.5) is 0 Å². The summed E-state index contributed by atoms with van der Waals surface area (Å²) in [6, 6.07) is 17.0. The number of aryl methyl sites for hydroxylation is 1. The lowest BCUT2D eigenvalue weighted by atomic mass is 10.1. The van der Waals surface area contributed by atoms with Crippen LogP contribution in [0.25, 0.3) is 39.0 Å². The Labute approximate surface area is 164 Å². The Balaban J connectivity index is 2.04. The minimum absolute atomic E-state index is 0.231. The maximum absolute atomic E-state index is 12.5. The van der Waals surface area contributed by atoms with Crippen molar-refractivity contribution < 1.29 is 4.74 Å². The van der Waals surface area contributed by atoms with Crippen LogP contribution in [-0.2, 0) is 0 Å². The molecule has 29 heavy (non-hydrogen) atoms. The molecular formula is C22H16N4O3. The summed E-state index contributed by atoms with van der Waals surface area (Å²) in [6.07, 6.45) is 0. The normalized spacial score (nSPS) is 11.4. The SMILES string of the molecule is COc1ccccc1-n1c2nc(=O)[nH]c(=O)c-2cc2cc3cc(C)ccc3nc21. The molecule has 2 aliphatic heterocycles. The lowest BCUT2D eigenvalue weighted by Gasteiger charge is -2.19. The first-order valence-corrected chi connectivity index (χ1v) is 9.06. The Morgan fingerprint density at radius 1 is 0.966 bits per heavy atom. The van der Waals surface area contributed by atoms with Crippen molar-refractivity contribution in [2.45, 2.75) is 6.92 Å². The van der Waals surface area contributed by atoms with Gasteiger partial charge in [-0.25, -0.2) is 9.78 Å². The molecule has 0 bridgehead atoms. The van der Waals surface area contributed by atoms with E-state index in [9.17, 15) is 9.59 Å². The van der Waals surface area contributed by atoms with Gasteiger partial charge < -0.3 is 4.74 Å². The number of nitrogens with zero attached hydrogens (tertiary/aromatic N) is 3. The van der Waals surface area contributed by atoms with Crippen molar-refractivity contribution in [2.75, 3.05) is 7.11 Å². The van der Waals surface area contributed by atoms with Gasteiger partial charge in [-0.15, -0.1) is 0 Å². The van der Waals surface area contributed by atoms with E-state index in [0.717, 1.165) is 21.9 Å². The van der Waals surface area contributed by atoms with Gasteiger partial charge in [0.2, 0.25) is 0 Å². The van der Waals surface area contributed by atoms with E-state index in [-0.39, 0.29) is 5.82 Å². The van der Waals surface area contributed by atoms with Gasteiger partial charge in [-0.3, -0.25) is 14.3 Å². The third-order valence-corrected chi connectivity index (χ3v) is 4.94. The molecular weight excluding hydrogens is 368 g/mol. The molecule has 3 heterocycles. The van der Waals surface area contributed by atoms with E-state index >= 15 is 0 Å². The topological polar surface area (TPSA) is 89.9 Å². The number of fused-ring (bicyclic) bond motifs is 3. The molecule has 0 saturated heterocycles. The Bertz CT molecular complexity index is 1500. The standard InChI is InChI=1S/C22H16N4O3/c1-12-7-8-16-13(9-12)10-14-11-15-20(24-22(28)25-21(15)27)26(19(14)23-16)17-5-3-4-6-18(17)29-2/h3-11H,1-2H3,(H,25,27,28). The zero-order valence-electron chi connectivity index (χ0n) is 15.8. The average Bonchev–Trinajstić information content (AvgIpc) is 2.71. The molecule has 0 amide bonds. The summed E-state index contributed by atoms with van der Waals surface area (Å²) in [5.74, 6) is 0.807. The molecule has 142 valence electrons. The van der Waals surface area contributed by atoms with Gasteiger partial charge >= 0.3 is 5.69 Å². The highest BCUT2D eigenvalue weighted by molar-refractivity contribution is 5.95. The van der Waals surface area contributed by atoms with Crippen molar-refractivity contribution in [1.29, 1.82) is 0 Å². The molecule has 7 heteroatoms. The lowest BCUT2D eigenvalue weighted by molar-refractivity contribution is 0.413. The van der Waals surface area contributed by atoms with Gasteiger partial charge in [-0.2, -0.15) is 4.98 Å². The fourth-order valence-corrected chi connectivity index (χ4v) is 3.64. The molecule has 2 aliphatic rings. The Morgan fingerprint density at radius 3 is 2.62 bits per heavy atom. The van der Waals surface area contributed by atoms with Crippen LogP contribution < -0.4 is 16.0 Å². The molecule has 0 atom stereocenters. The summed E-state index contributed by atoms with van der Waals surface area (Å²) in [5, 5.41) is 1.72. The minimum atomic E-state index is -0.707. The van der Waals surface area contributed by atoms with Crippen LogP contribution in [0.1, 0.15) is 5.56 Å². The quantitative estimate of drug-likeness (QED) is 0.473. The summed E-state index contributed by atoms with van der Waals surface area (Å²) >= 11 is 0. The fourth-order valence-electron chi connectivity index (χ4n) is 3.64. The summed E-state index contributed by atoms with van der Waals surface area (Å²) in [4.78, 5) is 35.7. The first-order chi connectivity index (χ1) is 14.0. The molecule has 0 spiro atoms. The average molecular weight is 384 g/mol. The Kier molecular flexibility index (Phi) is 3.70. The molecule has 0 saturated carbocycles. The third-order valence-electron chi connectivity index (χ3n) is 4.94. The predicted molar refractivity (Wildman–Crippen MR) is 111 cm³/mol. The summed E-state index contributed by atoms with van der Waals surface area (Å²) in [6.45, 7) is 2.02. The highest BCUT2D eigenvalue weighted by Gasteiger charge is 2.21. The van der Waals surface area contributed by atoms with E-state index in [1.165, 1.54) is 0 Å². The smallest absolute Gasteiger partial charge is 0.349 e. The van der Waals surface area contributed by atoms with Crippen molar-refractivity contribution >= 4 is 21.9 Å². The van der Waals surface area contributed by atoms with Gasteiger partial charge in [0.15, 0.2) is 5.82 Å². The van der Waals surface area contributed by atoms with E-state index < -0.39 is 11.2 Å². The molecule has 3 aromatic rings. The number of aromatic nitrogens is 4. The lowest BCUT2D eigenvalue weighted by Crippen LogP contribution is -2.27. The van der Waals surface area contributed by atoms with Crippen molar-refractivity contribution in [3.63, 3.8) is 0 Å². The predicted octanol–water partition coefficient (Wildman–Crippen LogP) is 3.04. The van der Waals surface area contributed by atoms with Crippen LogP contribution in [0.15, 0.2) is 64.2 Å². The third kappa shape index (κ3) is 2.67. The second-order valence-corrected chi connectivity index (χ2v) is 6.86. The van der Waals surface area contributed by atoms with Gasteiger partial charge in [0.25, 0.3) is 5.56 Å².